The molecule has 2 aliphatic heterocycles. The maximum atomic E-state index is 5.33. The van der Waals surface area contributed by atoms with E-state index in [1.165, 1.54) is 0 Å². The zero-order chi connectivity index (χ0) is 17.1. The number of nitrogens with one attached hydrogen (secondary N) is 1. The fourth-order valence-corrected chi connectivity index (χ4v) is 3.69. The molecule has 0 saturated carbocycles. The fraction of sp³-hybridized carbons (Fsp3) is 0.100. The summed E-state index contributed by atoms with van der Waals surface area (Å²) in [5.74, 6) is 0.840. The quantitative estimate of drug-likeness (QED) is 0.905. The lowest BCUT2D eigenvalue weighted by Crippen LogP contribution is -2.25. The second-order valence-electron chi connectivity index (χ2n) is 5.63. The monoisotopic (exact) mass is 347 g/mol. The Labute approximate surface area is 151 Å². The highest BCUT2D eigenvalue weighted by Gasteiger charge is 2.25. The highest BCUT2D eigenvalue weighted by atomic mass is 32.2. The van der Waals surface area contributed by atoms with E-state index in [-0.39, 0.29) is 6.04 Å². The van der Waals surface area contributed by atoms with Crippen molar-refractivity contribution in [3.05, 3.63) is 76.8 Å². The Morgan fingerprint density at radius 3 is 2.80 bits per heavy atom. The zero-order valence-electron chi connectivity index (χ0n) is 13.7. The van der Waals surface area contributed by atoms with Crippen LogP contribution in [-0.4, -0.2) is 25.7 Å². The lowest BCUT2D eigenvalue weighted by atomic mass is 10.1. The van der Waals surface area contributed by atoms with Gasteiger partial charge >= 0.3 is 0 Å². The normalized spacial score (nSPS) is 18.4. The molecule has 0 amide bonds. The zero-order valence-corrected chi connectivity index (χ0v) is 14.5. The molecule has 0 fully saturated rings. The van der Waals surface area contributed by atoms with E-state index in [9.17, 15) is 0 Å². The Balaban J connectivity index is 1.71. The molecule has 1 unspecified atom stereocenters. The number of hydrogen-bond acceptors (Lipinski definition) is 5. The Morgan fingerprint density at radius 1 is 1.08 bits per heavy atom. The lowest BCUT2D eigenvalue weighted by molar-refractivity contribution is 0.414. The van der Waals surface area contributed by atoms with Crippen LogP contribution in [0.1, 0.15) is 5.56 Å². The van der Waals surface area contributed by atoms with Gasteiger partial charge in [0.15, 0.2) is 0 Å². The second kappa shape index (κ2) is 6.99. The van der Waals surface area contributed by atoms with Crippen LogP contribution in [0.2, 0.25) is 0 Å². The minimum absolute atomic E-state index is 0.0231. The van der Waals surface area contributed by atoms with E-state index < -0.39 is 0 Å². The number of aliphatic imine (C=N–C) groups is 2. The van der Waals surface area contributed by atoms with E-state index in [1.807, 2.05) is 42.6 Å². The molecule has 1 N–H and O–H groups in total. The summed E-state index contributed by atoms with van der Waals surface area (Å²) in [7, 11) is 1.68. The highest BCUT2D eigenvalue weighted by molar-refractivity contribution is 8.03. The van der Waals surface area contributed by atoms with E-state index in [2.05, 4.69) is 39.6 Å². The molecular weight excluding hydrogens is 330 g/mol. The molecule has 0 saturated heterocycles. The van der Waals surface area contributed by atoms with Crippen molar-refractivity contribution in [2.24, 2.45) is 9.98 Å². The highest BCUT2D eigenvalue weighted by Crippen LogP contribution is 2.36. The van der Waals surface area contributed by atoms with Crippen LogP contribution in [0.3, 0.4) is 0 Å². The van der Waals surface area contributed by atoms with Crippen LogP contribution in [0.4, 0.5) is 0 Å². The summed E-state index contributed by atoms with van der Waals surface area (Å²) in [4.78, 5) is 9.97. The van der Waals surface area contributed by atoms with Gasteiger partial charge in [-0.3, -0.25) is 0 Å². The number of benzene rings is 2. The Morgan fingerprint density at radius 2 is 1.96 bits per heavy atom. The molecule has 0 radical (unpaired) electrons. The summed E-state index contributed by atoms with van der Waals surface area (Å²) in [6.45, 7) is 0. The smallest absolute Gasteiger partial charge is 0.119 e. The Kier molecular flexibility index (Phi) is 4.39. The first-order valence-electron chi connectivity index (χ1n) is 7.99. The van der Waals surface area contributed by atoms with Crippen LogP contribution in [0.15, 0.2) is 86.2 Å². The first-order chi connectivity index (χ1) is 12.3. The molecule has 2 aromatic rings. The van der Waals surface area contributed by atoms with Gasteiger partial charge in [-0.05, 0) is 30.3 Å². The minimum atomic E-state index is 0.0231. The number of methoxy groups -OCH3 is 1. The third-order valence-corrected chi connectivity index (χ3v) is 5.05. The van der Waals surface area contributed by atoms with E-state index >= 15 is 0 Å². The van der Waals surface area contributed by atoms with Crippen LogP contribution < -0.4 is 10.1 Å². The molecule has 2 aliphatic rings. The lowest BCUT2D eigenvalue weighted by Gasteiger charge is -2.11. The molecule has 2 aromatic carbocycles. The van der Waals surface area contributed by atoms with Gasteiger partial charge in [0.1, 0.15) is 17.1 Å². The molecule has 4 nitrogen and oxygen atoms in total. The molecule has 0 aliphatic carbocycles. The molecule has 25 heavy (non-hydrogen) atoms. The van der Waals surface area contributed by atoms with Gasteiger partial charge in [-0.1, -0.05) is 42.1 Å². The molecule has 0 spiro atoms. The molecule has 4 rings (SSSR count). The summed E-state index contributed by atoms with van der Waals surface area (Å²) in [6.07, 6.45) is 5.65. The van der Waals surface area contributed by atoms with Crippen LogP contribution >= 0.6 is 11.8 Å². The molecule has 0 bridgehead atoms. The van der Waals surface area contributed by atoms with Gasteiger partial charge < -0.3 is 10.1 Å². The topological polar surface area (TPSA) is 46.0 Å². The Hall–Kier alpha value is -2.79. The standard InChI is InChI=1S/C20H17N3OS/c1-24-15-7-5-6-14(10-15)18-11-17-19(23-18)12-21-13-22-20(17)25-16-8-3-2-4-9-16/h2-13,19,23H,1H3. The summed E-state index contributed by atoms with van der Waals surface area (Å²) >= 11 is 1.65. The van der Waals surface area contributed by atoms with Crippen molar-refractivity contribution in [1.29, 1.82) is 0 Å². The Bertz CT molecular complexity index is 900. The van der Waals surface area contributed by atoms with Crippen molar-refractivity contribution in [2.75, 3.05) is 7.11 Å². The SMILES string of the molecule is COc1cccc(C2=CC3=C(Sc4ccccc4)N=CN=CC3N2)c1. The van der Waals surface area contributed by atoms with E-state index in [0.29, 0.717) is 0 Å². The summed E-state index contributed by atoms with van der Waals surface area (Å²) in [6, 6.07) is 18.3. The van der Waals surface area contributed by atoms with Gasteiger partial charge in [-0.25, -0.2) is 9.98 Å². The maximum absolute atomic E-state index is 5.33. The maximum Gasteiger partial charge on any atom is 0.119 e. The second-order valence-corrected chi connectivity index (χ2v) is 6.69. The van der Waals surface area contributed by atoms with Gasteiger partial charge in [-0.2, -0.15) is 0 Å². The van der Waals surface area contributed by atoms with Gasteiger partial charge in [0.25, 0.3) is 0 Å². The molecule has 124 valence electrons. The number of nitrogens with zero attached hydrogens (tertiary/aromatic N) is 2. The van der Waals surface area contributed by atoms with Gasteiger partial charge in [0.2, 0.25) is 0 Å². The van der Waals surface area contributed by atoms with Crippen LogP contribution in [0, 0.1) is 0 Å². The van der Waals surface area contributed by atoms with E-state index in [1.54, 1.807) is 25.2 Å². The molecule has 0 aromatic heterocycles. The minimum Gasteiger partial charge on any atom is -0.497 e. The molecular formula is C20H17N3OS. The van der Waals surface area contributed by atoms with Gasteiger partial charge in [0, 0.05) is 27.9 Å². The fourth-order valence-electron chi connectivity index (χ4n) is 2.77. The van der Waals surface area contributed by atoms with Crippen molar-refractivity contribution in [3.63, 3.8) is 0 Å². The largest absolute Gasteiger partial charge is 0.497 e. The summed E-state index contributed by atoms with van der Waals surface area (Å²) in [5.41, 5.74) is 3.26. The first-order valence-corrected chi connectivity index (χ1v) is 8.81. The average molecular weight is 347 g/mol. The number of ether oxygens (including phenoxy) is 1. The predicted octanol–water partition coefficient (Wildman–Crippen LogP) is 4.12. The number of fused-ring (bicyclic) bond motifs is 1. The first kappa shape index (κ1) is 15.7. The summed E-state index contributed by atoms with van der Waals surface area (Å²) in [5, 5.41) is 4.48. The van der Waals surface area contributed by atoms with Crippen LogP contribution in [0.25, 0.3) is 5.70 Å². The van der Waals surface area contributed by atoms with Gasteiger partial charge in [-0.15, -0.1) is 0 Å². The van der Waals surface area contributed by atoms with E-state index in [4.69, 9.17) is 4.74 Å². The van der Waals surface area contributed by atoms with Crippen molar-refractivity contribution < 1.29 is 4.74 Å². The molecule has 2 heterocycles. The van der Waals surface area contributed by atoms with Crippen LogP contribution in [-0.2, 0) is 0 Å². The third-order valence-electron chi connectivity index (χ3n) is 4.01. The number of hydrogen-bond donors (Lipinski definition) is 1. The average Bonchev–Trinajstić information content (AvgIpc) is 3.01. The third kappa shape index (κ3) is 3.37. The van der Waals surface area contributed by atoms with Crippen LogP contribution in [0.5, 0.6) is 5.75 Å². The van der Waals surface area contributed by atoms with Gasteiger partial charge in [0.05, 0.1) is 13.2 Å². The van der Waals surface area contributed by atoms with Crippen molar-refractivity contribution in [2.45, 2.75) is 10.9 Å². The number of rotatable bonds is 4. The summed E-state index contributed by atoms with van der Waals surface area (Å²) < 4.78 is 5.33. The van der Waals surface area contributed by atoms with Crippen molar-refractivity contribution in [1.82, 2.24) is 5.32 Å². The number of thioether (sulfide) groups is 1. The predicted molar refractivity (Wildman–Crippen MR) is 104 cm³/mol. The van der Waals surface area contributed by atoms with E-state index in [0.717, 1.165) is 32.5 Å². The molecule has 1 atom stereocenters. The van der Waals surface area contributed by atoms with Crippen molar-refractivity contribution >= 4 is 30.0 Å². The van der Waals surface area contributed by atoms with Crippen molar-refractivity contribution in [3.8, 4) is 5.75 Å². The molecule has 5 heteroatoms.